The highest BCUT2D eigenvalue weighted by molar-refractivity contribution is 7.22. The molecule has 144 valence electrons. The highest BCUT2D eigenvalue weighted by Gasteiger charge is 2.18. The molecule has 7 nitrogen and oxygen atoms in total. The van der Waals surface area contributed by atoms with Gasteiger partial charge in [0, 0.05) is 13.1 Å². The molecule has 0 fully saturated rings. The highest BCUT2D eigenvalue weighted by atomic mass is 32.1. The topological polar surface area (TPSA) is 72.3 Å². The summed E-state index contributed by atoms with van der Waals surface area (Å²) in [6.07, 6.45) is 0.910. The van der Waals surface area contributed by atoms with Gasteiger partial charge in [-0.2, -0.15) is 10.1 Å². The number of aryl methyl sites for hydroxylation is 1. The van der Waals surface area contributed by atoms with Crippen LogP contribution in [-0.2, 0) is 4.79 Å². The Morgan fingerprint density at radius 2 is 2.07 bits per heavy atom. The number of carbonyl (C=O) groups excluding carboxylic acids is 1. The molecule has 27 heavy (non-hydrogen) atoms. The quantitative estimate of drug-likeness (QED) is 0.674. The molecule has 3 aromatic rings. The van der Waals surface area contributed by atoms with Crippen molar-refractivity contribution < 1.29 is 9.53 Å². The van der Waals surface area contributed by atoms with Crippen LogP contribution in [0.4, 0.5) is 5.13 Å². The number of aromatic nitrogens is 3. The summed E-state index contributed by atoms with van der Waals surface area (Å²) in [5.74, 6) is 0.796. The van der Waals surface area contributed by atoms with Crippen molar-refractivity contribution >= 4 is 32.7 Å². The summed E-state index contributed by atoms with van der Waals surface area (Å²) in [4.78, 5) is 18.8. The number of fused-ring (bicyclic) bond motifs is 1. The van der Waals surface area contributed by atoms with Crippen LogP contribution in [0.15, 0.2) is 24.3 Å². The molecule has 2 aromatic heterocycles. The first-order valence-corrected chi connectivity index (χ1v) is 9.75. The summed E-state index contributed by atoms with van der Waals surface area (Å²) < 4.78 is 8.07. The summed E-state index contributed by atoms with van der Waals surface area (Å²) >= 11 is 1.55. The number of hydrogen-bond donors (Lipinski definition) is 1. The summed E-state index contributed by atoms with van der Waals surface area (Å²) in [5, 5.41) is 8.40. The Morgan fingerprint density at radius 1 is 1.37 bits per heavy atom. The molecule has 0 bridgehead atoms. The zero-order valence-corrected chi connectivity index (χ0v) is 17.1. The lowest BCUT2D eigenvalue weighted by Crippen LogP contribution is -2.39. The van der Waals surface area contributed by atoms with Gasteiger partial charge < -0.3 is 15.0 Å². The van der Waals surface area contributed by atoms with Gasteiger partial charge in [0.2, 0.25) is 5.91 Å². The maximum atomic E-state index is 12.2. The highest BCUT2D eigenvalue weighted by Crippen LogP contribution is 2.32. The van der Waals surface area contributed by atoms with Gasteiger partial charge in [0.1, 0.15) is 5.75 Å². The van der Waals surface area contributed by atoms with Crippen LogP contribution in [0.2, 0.25) is 0 Å². The Balaban J connectivity index is 1.85. The van der Waals surface area contributed by atoms with E-state index in [0.29, 0.717) is 0 Å². The predicted octanol–water partition coefficient (Wildman–Crippen LogP) is 3.15. The molecular formula is C19H25N5O2S. The van der Waals surface area contributed by atoms with Crippen molar-refractivity contribution in [3.05, 3.63) is 30.0 Å². The fourth-order valence-corrected chi connectivity index (χ4v) is 3.64. The molecule has 8 heteroatoms. The van der Waals surface area contributed by atoms with Gasteiger partial charge in [-0.05, 0) is 44.5 Å². The maximum Gasteiger partial charge on any atom is 0.239 e. The second-order valence-corrected chi connectivity index (χ2v) is 7.55. The Hall–Kier alpha value is -2.61. The standard InChI is InChI=1S/C19H25N5O2S/c1-6-12(2)20-16(25)11-23(4)19-21-18-17(27-19)13(3)22-24(18)14-7-9-15(26-5)10-8-14/h7-10,12H,6,11H2,1-5H3,(H,20,25). The molecule has 0 saturated heterocycles. The van der Waals surface area contributed by atoms with Crippen molar-refractivity contribution in [2.24, 2.45) is 0 Å². The normalized spacial score (nSPS) is 12.2. The molecule has 1 aromatic carbocycles. The molecule has 2 heterocycles. The molecule has 1 atom stereocenters. The average molecular weight is 388 g/mol. The monoisotopic (exact) mass is 387 g/mol. The number of rotatable bonds is 7. The zero-order valence-electron chi connectivity index (χ0n) is 16.3. The summed E-state index contributed by atoms with van der Waals surface area (Å²) in [5.41, 5.74) is 2.64. The lowest BCUT2D eigenvalue weighted by atomic mass is 10.2. The van der Waals surface area contributed by atoms with Crippen LogP contribution in [0, 0.1) is 6.92 Å². The van der Waals surface area contributed by atoms with Gasteiger partial charge >= 0.3 is 0 Å². The predicted molar refractivity (Wildman–Crippen MR) is 109 cm³/mol. The fourth-order valence-electron chi connectivity index (χ4n) is 2.70. The summed E-state index contributed by atoms with van der Waals surface area (Å²) in [6.45, 7) is 6.30. The Morgan fingerprint density at radius 3 is 2.70 bits per heavy atom. The third kappa shape index (κ3) is 4.05. The molecule has 0 aliphatic carbocycles. The van der Waals surface area contributed by atoms with Crippen LogP contribution in [-0.4, -0.2) is 47.4 Å². The minimum atomic E-state index is -0.000362. The first-order valence-electron chi connectivity index (χ1n) is 8.94. The molecule has 0 spiro atoms. The number of thiazole rings is 1. The summed E-state index contributed by atoms with van der Waals surface area (Å²) in [7, 11) is 3.53. The van der Waals surface area contributed by atoms with E-state index in [1.807, 2.05) is 54.7 Å². The number of anilines is 1. The van der Waals surface area contributed by atoms with Gasteiger partial charge in [0.15, 0.2) is 10.8 Å². The molecule has 1 unspecified atom stereocenters. The third-order valence-electron chi connectivity index (χ3n) is 4.42. The van der Waals surface area contributed by atoms with Crippen LogP contribution in [0.25, 0.3) is 16.0 Å². The molecule has 3 rings (SSSR count). The van der Waals surface area contributed by atoms with E-state index in [9.17, 15) is 4.79 Å². The van der Waals surface area contributed by atoms with Crippen LogP contribution in [0.3, 0.4) is 0 Å². The van der Waals surface area contributed by atoms with Crippen LogP contribution in [0.1, 0.15) is 26.0 Å². The van der Waals surface area contributed by atoms with Crippen molar-refractivity contribution in [2.45, 2.75) is 33.2 Å². The SMILES string of the molecule is CCC(C)NC(=O)CN(C)c1nc2c(s1)c(C)nn2-c1ccc(OC)cc1. The maximum absolute atomic E-state index is 12.2. The number of amides is 1. The molecule has 1 N–H and O–H groups in total. The van der Waals surface area contributed by atoms with Crippen molar-refractivity contribution in [1.29, 1.82) is 0 Å². The van der Waals surface area contributed by atoms with E-state index < -0.39 is 0 Å². The van der Waals surface area contributed by atoms with E-state index in [1.54, 1.807) is 18.4 Å². The Kier molecular flexibility index (Phi) is 5.65. The second kappa shape index (κ2) is 7.96. The van der Waals surface area contributed by atoms with Crippen molar-refractivity contribution in [3.63, 3.8) is 0 Å². The first kappa shape index (κ1) is 19.2. The largest absolute Gasteiger partial charge is 0.497 e. The van der Waals surface area contributed by atoms with E-state index in [0.717, 1.165) is 39.0 Å². The van der Waals surface area contributed by atoms with Crippen LogP contribution >= 0.6 is 11.3 Å². The third-order valence-corrected chi connectivity index (χ3v) is 5.69. The van der Waals surface area contributed by atoms with Crippen LogP contribution in [0.5, 0.6) is 5.75 Å². The van der Waals surface area contributed by atoms with Gasteiger partial charge in [-0.15, -0.1) is 0 Å². The number of likely N-dealkylation sites (N-methyl/N-ethyl adjacent to an activating group) is 1. The Bertz CT molecular complexity index is 932. The van der Waals surface area contributed by atoms with Gasteiger partial charge in [-0.3, -0.25) is 4.79 Å². The van der Waals surface area contributed by atoms with Crippen LogP contribution < -0.4 is 15.0 Å². The molecule has 0 saturated carbocycles. The smallest absolute Gasteiger partial charge is 0.239 e. The van der Waals surface area contributed by atoms with Crippen molar-refractivity contribution in [1.82, 2.24) is 20.1 Å². The molecule has 0 aliphatic rings. The fraction of sp³-hybridized carbons (Fsp3) is 0.421. The van der Waals surface area contributed by atoms with Crippen molar-refractivity contribution in [2.75, 3.05) is 25.6 Å². The van der Waals surface area contributed by atoms with E-state index >= 15 is 0 Å². The second-order valence-electron chi connectivity index (χ2n) is 6.58. The molecular weight excluding hydrogens is 362 g/mol. The molecule has 1 amide bonds. The molecule has 0 radical (unpaired) electrons. The number of hydrogen-bond acceptors (Lipinski definition) is 6. The summed E-state index contributed by atoms with van der Waals surface area (Å²) in [6, 6.07) is 7.88. The van der Waals surface area contributed by atoms with Gasteiger partial charge in [0.05, 0.1) is 29.7 Å². The number of nitrogens with zero attached hydrogens (tertiary/aromatic N) is 4. The number of carbonyl (C=O) groups is 1. The molecule has 0 aliphatic heterocycles. The van der Waals surface area contributed by atoms with Gasteiger partial charge in [-0.25, -0.2) is 4.68 Å². The average Bonchev–Trinajstić information content (AvgIpc) is 3.22. The van der Waals surface area contributed by atoms with Gasteiger partial charge in [-0.1, -0.05) is 18.3 Å². The van der Waals surface area contributed by atoms with E-state index in [-0.39, 0.29) is 18.5 Å². The zero-order chi connectivity index (χ0) is 19.6. The first-order chi connectivity index (χ1) is 12.9. The number of ether oxygens (including phenoxy) is 1. The lowest BCUT2D eigenvalue weighted by molar-refractivity contribution is -0.120. The number of methoxy groups -OCH3 is 1. The van der Waals surface area contributed by atoms with Crippen molar-refractivity contribution in [3.8, 4) is 11.4 Å². The Labute approximate surface area is 163 Å². The van der Waals surface area contributed by atoms with E-state index in [2.05, 4.69) is 17.3 Å². The minimum absolute atomic E-state index is 0.000362. The number of benzene rings is 1. The van der Waals surface area contributed by atoms with E-state index in [1.165, 1.54) is 0 Å². The van der Waals surface area contributed by atoms with E-state index in [4.69, 9.17) is 9.72 Å². The lowest BCUT2D eigenvalue weighted by Gasteiger charge is -2.17. The van der Waals surface area contributed by atoms with Gasteiger partial charge in [0.25, 0.3) is 0 Å². The number of nitrogens with one attached hydrogen (secondary N) is 1. The minimum Gasteiger partial charge on any atom is -0.497 e.